The number of carbonyl (C=O) groups is 4. The molecule has 0 aromatic carbocycles. The average molecular weight is 417 g/mol. The second-order valence-corrected chi connectivity index (χ2v) is 11.3. The van der Waals surface area contributed by atoms with Gasteiger partial charge in [-0.3, -0.25) is 19.2 Å². The van der Waals surface area contributed by atoms with Crippen molar-refractivity contribution in [3.05, 3.63) is 0 Å². The molecule has 0 spiro atoms. The molecule has 0 aliphatic heterocycles. The summed E-state index contributed by atoms with van der Waals surface area (Å²) in [6, 6.07) is 0. The molecule has 0 radical (unpaired) electrons. The zero-order valence-electron chi connectivity index (χ0n) is 18.8. The Morgan fingerprint density at radius 1 is 1.07 bits per heavy atom. The van der Waals surface area contributed by atoms with E-state index < -0.39 is 11.4 Å². The van der Waals surface area contributed by atoms with Crippen LogP contribution >= 0.6 is 0 Å². The summed E-state index contributed by atoms with van der Waals surface area (Å²) in [5.74, 6) is 0.630. The van der Waals surface area contributed by atoms with Crippen molar-refractivity contribution < 1.29 is 24.3 Å². The van der Waals surface area contributed by atoms with Crippen LogP contribution in [0.15, 0.2) is 0 Å². The molecule has 4 fully saturated rings. The number of carboxylic acids is 1. The minimum atomic E-state index is -0.793. The zero-order valence-corrected chi connectivity index (χ0v) is 18.8. The maximum absolute atomic E-state index is 13.7. The molecule has 4 saturated carbocycles. The normalized spacial score (nSPS) is 46.7. The molecule has 0 bridgehead atoms. The van der Waals surface area contributed by atoms with Gasteiger partial charge in [0.05, 0.1) is 0 Å². The summed E-state index contributed by atoms with van der Waals surface area (Å²) in [5.41, 5.74) is -0.651. The first-order valence-corrected chi connectivity index (χ1v) is 11.8. The molecule has 4 rings (SSSR count). The lowest BCUT2D eigenvalue weighted by Gasteiger charge is -2.60. The van der Waals surface area contributed by atoms with Gasteiger partial charge in [-0.2, -0.15) is 0 Å². The Balaban J connectivity index is 1.66. The molecule has 2 unspecified atom stereocenters. The van der Waals surface area contributed by atoms with Gasteiger partial charge in [0.15, 0.2) is 0 Å². The molecular formula is C25H36O5. The van der Waals surface area contributed by atoms with Crippen molar-refractivity contribution in [2.24, 2.45) is 52.3 Å². The van der Waals surface area contributed by atoms with Crippen molar-refractivity contribution in [1.29, 1.82) is 0 Å². The van der Waals surface area contributed by atoms with E-state index in [-0.39, 0.29) is 70.6 Å². The topological polar surface area (TPSA) is 88.5 Å². The van der Waals surface area contributed by atoms with Crippen LogP contribution < -0.4 is 0 Å². The molecule has 0 heterocycles. The third kappa shape index (κ3) is 2.94. The number of rotatable bonds is 4. The highest BCUT2D eigenvalue weighted by Gasteiger charge is 2.67. The smallest absolute Gasteiger partial charge is 0.303 e. The fourth-order valence-corrected chi connectivity index (χ4v) is 8.39. The Hall–Kier alpha value is -1.52. The van der Waals surface area contributed by atoms with Crippen LogP contribution in [0.2, 0.25) is 0 Å². The molecule has 1 N–H and O–H groups in total. The Bertz CT molecular complexity index is 786. The SMILES string of the molecule is CC1CC(=O)CC2CC(=O)[C@@H]3[C@H](CC(=O)[C@]4(C)[C@@H]([C@H](C)CCC(=O)O)CC[C@@H]34)[C@@]12C. The van der Waals surface area contributed by atoms with Crippen LogP contribution in [-0.4, -0.2) is 28.4 Å². The van der Waals surface area contributed by atoms with E-state index in [1.165, 1.54) is 0 Å². The van der Waals surface area contributed by atoms with Crippen LogP contribution in [0.3, 0.4) is 0 Å². The fourth-order valence-electron chi connectivity index (χ4n) is 8.39. The van der Waals surface area contributed by atoms with Crippen LogP contribution in [0.4, 0.5) is 0 Å². The highest BCUT2D eigenvalue weighted by Crippen LogP contribution is 2.67. The standard InChI is InChI=1S/C25H36O5/c1-13(5-8-22(29)30)17-6-7-18-23-19(12-21(28)25(17,18)4)24(3)14(2)9-16(26)10-15(24)11-20(23)27/h13-15,17-19,23H,5-12H2,1-4H3,(H,29,30)/t13-,14?,15?,17-,18+,19+,23+,24+,25-/m1/s1. The molecule has 5 heteroatoms. The molecule has 0 amide bonds. The molecule has 9 atom stereocenters. The highest BCUT2D eigenvalue weighted by molar-refractivity contribution is 5.93. The maximum atomic E-state index is 13.7. The fraction of sp³-hybridized carbons (Fsp3) is 0.840. The molecule has 5 nitrogen and oxygen atoms in total. The Kier molecular flexibility index (Phi) is 5.26. The van der Waals surface area contributed by atoms with Gasteiger partial charge >= 0.3 is 5.97 Å². The summed E-state index contributed by atoms with van der Waals surface area (Å²) >= 11 is 0. The van der Waals surface area contributed by atoms with Gasteiger partial charge in [0.25, 0.3) is 0 Å². The van der Waals surface area contributed by atoms with Gasteiger partial charge < -0.3 is 5.11 Å². The Morgan fingerprint density at radius 3 is 2.43 bits per heavy atom. The molecule has 4 aliphatic carbocycles. The number of aliphatic carboxylic acids is 1. The molecule has 0 aromatic heterocycles. The largest absolute Gasteiger partial charge is 0.481 e. The van der Waals surface area contributed by atoms with Gasteiger partial charge in [-0.05, 0) is 60.2 Å². The number of carbonyl (C=O) groups excluding carboxylic acids is 3. The minimum absolute atomic E-state index is 0.0468. The monoisotopic (exact) mass is 416 g/mol. The summed E-state index contributed by atoms with van der Waals surface area (Å²) in [5, 5.41) is 9.09. The number of ketones is 3. The third-order valence-electron chi connectivity index (χ3n) is 10.3. The van der Waals surface area contributed by atoms with Crippen molar-refractivity contribution in [2.45, 2.75) is 79.1 Å². The van der Waals surface area contributed by atoms with Crippen LogP contribution in [0.25, 0.3) is 0 Å². The van der Waals surface area contributed by atoms with E-state index in [0.29, 0.717) is 32.1 Å². The summed E-state index contributed by atoms with van der Waals surface area (Å²) in [4.78, 5) is 50.4. The van der Waals surface area contributed by atoms with Crippen molar-refractivity contribution in [2.75, 3.05) is 0 Å². The molecule has 4 aliphatic rings. The van der Waals surface area contributed by atoms with Gasteiger partial charge in [-0.15, -0.1) is 0 Å². The number of carboxylic acid groups (broad SMARTS) is 1. The number of Topliss-reactive ketones (excluding diaryl/α,β-unsaturated/α-hetero) is 3. The number of fused-ring (bicyclic) bond motifs is 5. The van der Waals surface area contributed by atoms with Crippen LogP contribution in [0.1, 0.15) is 79.1 Å². The molecule has 0 saturated heterocycles. The minimum Gasteiger partial charge on any atom is -0.481 e. The van der Waals surface area contributed by atoms with E-state index in [2.05, 4.69) is 27.7 Å². The predicted molar refractivity (Wildman–Crippen MR) is 112 cm³/mol. The quantitative estimate of drug-likeness (QED) is 0.737. The summed E-state index contributed by atoms with van der Waals surface area (Å²) in [6.45, 7) is 8.54. The van der Waals surface area contributed by atoms with E-state index in [9.17, 15) is 19.2 Å². The van der Waals surface area contributed by atoms with Crippen molar-refractivity contribution >= 4 is 23.3 Å². The first-order valence-electron chi connectivity index (χ1n) is 11.8. The third-order valence-corrected chi connectivity index (χ3v) is 10.3. The second-order valence-electron chi connectivity index (χ2n) is 11.3. The maximum Gasteiger partial charge on any atom is 0.303 e. The summed E-state index contributed by atoms with van der Waals surface area (Å²) in [7, 11) is 0. The first kappa shape index (κ1) is 21.7. The van der Waals surface area contributed by atoms with Crippen LogP contribution in [0.5, 0.6) is 0 Å². The van der Waals surface area contributed by atoms with Crippen molar-refractivity contribution in [3.63, 3.8) is 0 Å². The van der Waals surface area contributed by atoms with Crippen molar-refractivity contribution in [1.82, 2.24) is 0 Å². The van der Waals surface area contributed by atoms with Crippen LogP contribution in [0, 0.1) is 52.3 Å². The van der Waals surface area contributed by atoms with E-state index in [4.69, 9.17) is 5.11 Å². The van der Waals surface area contributed by atoms with Gasteiger partial charge in [0, 0.05) is 43.4 Å². The molecule has 166 valence electrons. The van der Waals surface area contributed by atoms with E-state index in [1.807, 2.05) is 0 Å². The average Bonchev–Trinajstić information content (AvgIpc) is 3.01. The van der Waals surface area contributed by atoms with E-state index in [1.54, 1.807) is 0 Å². The number of hydrogen-bond donors (Lipinski definition) is 1. The van der Waals surface area contributed by atoms with Gasteiger partial charge in [-0.25, -0.2) is 0 Å². The Labute approximate surface area is 179 Å². The summed E-state index contributed by atoms with van der Waals surface area (Å²) < 4.78 is 0. The lowest BCUT2D eigenvalue weighted by molar-refractivity contribution is -0.172. The van der Waals surface area contributed by atoms with Crippen molar-refractivity contribution in [3.8, 4) is 0 Å². The van der Waals surface area contributed by atoms with Gasteiger partial charge in [0.2, 0.25) is 0 Å². The van der Waals surface area contributed by atoms with Crippen LogP contribution in [-0.2, 0) is 19.2 Å². The number of hydrogen-bond acceptors (Lipinski definition) is 4. The van der Waals surface area contributed by atoms with E-state index >= 15 is 0 Å². The molecule has 30 heavy (non-hydrogen) atoms. The predicted octanol–water partition coefficient (Wildman–Crippen LogP) is 4.32. The van der Waals surface area contributed by atoms with Gasteiger partial charge in [0.1, 0.15) is 17.3 Å². The molecular weight excluding hydrogens is 380 g/mol. The molecule has 0 aromatic rings. The Morgan fingerprint density at radius 2 is 1.77 bits per heavy atom. The lowest BCUT2D eigenvalue weighted by Crippen LogP contribution is -2.61. The van der Waals surface area contributed by atoms with Gasteiger partial charge in [-0.1, -0.05) is 27.7 Å². The van der Waals surface area contributed by atoms with E-state index in [0.717, 1.165) is 12.8 Å². The summed E-state index contributed by atoms with van der Waals surface area (Å²) in [6.07, 6.45) is 4.46. The second kappa shape index (κ2) is 7.27. The first-order chi connectivity index (χ1) is 14.0. The highest BCUT2D eigenvalue weighted by atomic mass is 16.4. The zero-order chi connectivity index (χ0) is 22.0. The lowest BCUT2D eigenvalue weighted by atomic mass is 9.42.